The summed E-state index contributed by atoms with van der Waals surface area (Å²) in [5, 5.41) is 10.7. The fourth-order valence-electron chi connectivity index (χ4n) is 1.54. The van der Waals surface area contributed by atoms with Crippen LogP contribution in [0.3, 0.4) is 0 Å². The summed E-state index contributed by atoms with van der Waals surface area (Å²) in [6, 6.07) is 6.11. The number of ketones is 1. The maximum atomic E-state index is 11.7. The number of carbonyl (C=O) groups is 1. The van der Waals surface area contributed by atoms with Crippen LogP contribution < -0.4 is 0 Å². The van der Waals surface area contributed by atoms with Gasteiger partial charge in [0.15, 0.2) is 5.78 Å². The Labute approximate surface area is 94.4 Å². The van der Waals surface area contributed by atoms with Crippen LogP contribution in [0.1, 0.15) is 43.0 Å². The van der Waals surface area contributed by atoms with Crippen molar-refractivity contribution in [2.24, 2.45) is 0 Å². The average Bonchev–Trinajstić information content (AvgIpc) is 2.29. The molecule has 1 rings (SSSR count). The molecule has 0 unspecified atom stereocenters. The monoisotopic (exact) mass is 221 g/mol. The Morgan fingerprint density at radius 2 is 2.00 bits per heavy atom. The van der Waals surface area contributed by atoms with Crippen LogP contribution in [0.25, 0.3) is 0 Å². The van der Waals surface area contributed by atoms with Crippen LogP contribution in [0.15, 0.2) is 24.3 Å². The van der Waals surface area contributed by atoms with Crippen molar-refractivity contribution < 1.29 is 9.72 Å². The Kier molecular flexibility index (Phi) is 4.64. The first-order valence-corrected chi connectivity index (χ1v) is 5.43. The van der Waals surface area contributed by atoms with Crippen molar-refractivity contribution in [2.75, 3.05) is 0 Å². The van der Waals surface area contributed by atoms with Crippen LogP contribution in [-0.2, 0) is 0 Å². The molecule has 0 saturated carbocycles. The average molecular weight is 221 g/mol. The van der Waals surface area contributed by atoms with E-state index in [9.17, 15) is 14.9 Å². The third-order valence-electron chi connectivity index (χ3n) is 2.41. The summed E-state index contributed by atoms with van der Waals surface area (Å²) in [7, 11) is 0. The van der Waals surface area contributed by atoms with E-state index in [0.717, 1.165) is 19.3 Å². The lowest BCUT2D eigenvalue weighted by molar-refractivity contribution is -0.385. The lowest BCUT2D eigenvalue weighted by Gasteiger charge is -2.01. The van der Waals surface area contributed by atoms with Gasteiger partial charge in [0.1, 0.15) is 0 Å². The van der Waals surface area contributed by atoms with Gasteiger partial charge < -0.3 is 0 Å². The Morgan fingerprint density at radius 3 is 2.62 bits per heavy atom. The second kappa shape index (κ2) is 6.00. The number of hydrogen-bond donors (Lipinski definition) is 0. The third kappa shape index (κ3) is 3.15. The number of benzene rings is 1. The topological polar surface area (TPSA) is 60.2 Å². The lowest BCUT2D eigenvalue weighted by atomic mass is 10.0. The molecule has 0 bridgehead atoms. The molecule has 0 aliphatic rings. The second-order valence-corrected chi connectivity index (χ2v) is 3.65. The van der Waals surface area contributed by atoms with Crippen molar-refractivity contribution in [3.63, 3.8) is 0 Å². The molecule has 0 aliphatic carbocycles. The molecule has 0 aliphatic heterocycles. The molecule has 1 aromatic carbocycles. The Bertz CT molecular complexity index is 388. The summed E-state index contributed by atoms with van der Waals surface area (Å²) in [4.78, 5) is 21.9. The van der Waals surface area contributed by atoms with Gasteiger partial charge in [-0.2, -0.15) is 0 Å². The largest absolute Gasteiger partial charge is 0.294 e. The molecular formula is C12H15NO3. The summed E-state index contributed by atoms with van der Waals surface area (Å²) in [6.45, 7) is 2.05. The minimum absolute atomic E-state index is 0.0935. The summed E-state index contributed by atoms with van der Waals surface area (Å²) in [5.74, 6) is -0.138. The summed E-state index contributed by atoms with van der Waals surface area (Å²) >= 11 is 0. The molecule has 0 saturated heterocycles. The van der Waals surface area contributed by atoms with Gasteiger partial charge in [0, 0.05) is 12.5 Å². The minimum atomic E-state index is -0.507. The minimum Gasteiger partial charge on any atom is -0.294 e. The maximum absolute atomic E-state index is 11.7. The summed E-state index contributed by atoms with van der Waals surface area (Å²) < 4.78 is 0. The fourth-order valence-corrected chi connectivity index (χ4v) is 1.54. The van der Waals surface area contributed by atoms with Gasteiger partial charge in [-0.1, -0.05) is 31.9 Å². The number of para-hydroxylation sites is 1. The number of unbranched alkanes of at least 4 members (excludes halogenated alkanes) is 2. The zero-order valence-corrected chi connectivity index (χ0v) is 9.31. The van der Waals surface area contributed by atoms with Crippen LogP contribution in [0.5, 0.6) is 0 Å². The Hall–Kier alpha value is -1.71. The van der Waals surface area contributed by atoms with Crippen molar-refractivity contribution in [1.29, 1.82) is 0 Å². The summed E-state index contributed by atoms with van der Waals surface area (Å²) in [5.41, 5.74) is 0.132. The highest BCUT2D eigenvalue weighted by molar-refractivity contribution is 5.99. The van der Waals surface area contributed by atoms with Crippen LogP contribution >= 0.6 is 0 Å². The zero-order valence-electron chi connectivity index (χ0n) is 9.31. The molecule has 0 aromatic heterocycles. The predicted octanol–water partition coefficient (Wildman–Crippen LogP) is 3.36. The molecule has 4 nitrogen and oxygen atoms in total. The van der Waals surface area contributed by atoms with E-state index in [1.54, 1.807) is 12.1 Å². The second-order valence-electron chi connectivity index (χ2n) is 3.65. The van der Waals surface area contributed by atoms with E-state index in [2.05, 4.69) is 6.92 Å². The lowest BCUT2D eigenvalue weighted by Crippen LogP contribution is -2.03. The van der Waals surface area contributed by atoms with Gasteiger partial charge >= 0.3 is 0 Å². The van der Waals surface area contributed by atoms with Gasteiger partial charge in [-0.3, -0.25) is 14.9 Å². The molecule has 0 fully saturated rings. The van der Waals surface area contributed by atoms with Gasteiger partial charge in [0.2, 0.25) is 0 Å². The first-order valence-electron chi connectivity index (χ1n) is 5.43. The number of Topliss-reactive ketones (excluding diaryl/α,β-unsaturated/α-hetero) is 1. The van der Waals surface area contributed by atoms with Crippen molar-refractivity contribution in [3.05, 3.63) is 39.9 Å². The molecule has 86 valence electrons. The number of nitro benzene ring substituents is 1. The van der Waals surface area contributed by atoms with E-state index in [-0.39, 0.29) is 17.0 Å². The van der Waals surface area contributed by atoms with Crippen LogP contribution in [0.4, 0.5) is 5.69 Å². The number of carbonyl (C=O) groups excluding carboxylic acids is 1. The van der Waals surface area contributed by atoms with E-state index in [1.807, 2.05) is 0 Å². The Balaban J connectivity index is 2.78. The molecule has 4 heteroatoms. The fraction of sp³-hybridized carbons (Fsp3) is 0.417. The molecule has 1 aromatic rings. The van der Waals surface area contributed by atoms with Crippen LogP contribution in [0.2, 0.25) is 0 Å². The van der Waals surface area contributed by atoms with E-state index in [0.29, 0.717) is 6.42 Å². The van der Waals surface area contributed by atoms with Gasteiger partial charge in [0.25, 0.3) is 5.69 Å². The molecule has 0 heterocycles. The SMILES string of the molecule is CCCCCC(=O)c1ccccc1[N+](=O)[O-]. The van der Waals surface area contributed by atoms with Crippen molar-refractivity contribution in [3.8, 4) is 0 Å². The third-order valence-corrected chi connectivity index (χ3v) is 2.41. The molecule has 0 amide bonds. The highest BCUT2D eigenvalue weighted by atomic mass is 16.6. The zero-order chi connectivity index (χ0) is 12.0. The smallest absolute Gasteiger partial charge is 0.280 e. The predicted molar refractivity (Wildman–Crippen MR) is 61.6 cm³/mol. The first-order chi connectivity index (χ1) is 7.66. The van der Waals surface area contributed by atoms with E-state index in [4.69, 9.17) is 0 Å². The standard InChI is InChI=1S/C12H15NO3/c1-2-3-4-9-12(14)10-7-5-6-8-11(10)13(15)16/h5-8H,2-4,9H2,1H3. The normalized spacial score (nSPS) is 10.1. The van der Waals surface area contributed by atoms with Gasteiger partial charge in [-0.25, -0.2) is 0 Å². The van der Waals surface area contributed by atoms with Crippen LogP contribution in [0, 0.1) is 10.1 Å². The van der Waals surface area contributed by atoms with E-state index in [1.165, 1.54) is 12.1 Å². The highest BCUT2D eigenvalue weighted by Gasteiger charge is 2.18. The quantitative estimate of drug-likeness (QED) is 0.320. The van der Waals surface area contributed by atoms with Crippen molar-refractivity contribution in [2.45, 2.75) is 32.6 Å². The molecule has 0 atom stereocenters. The molecule has 16 heavy (non-hydrogen) atoms. The number of rotatable bonds is 6. The van der Waals surface area contributed by atoms with Crippen LogP contribution in [-0.4, -0.2) is 10.7 Å². The van der Waals surface area contributed by atoms with Gasteiger partial charge in [-0.05, 0) is 12.5 Å². The van der Waals surface area contributed by atoms with E-state index < -0.39 is 4.92 Å². The molecule has 0 radical (unpaired) electrons. The van der Waals surface area contributed by atoms with Gasteiger partial charge in [-0.15, -0.1) is 0 Å². The number of hydrogen-bond acceptors (Lipinski definition) is 3. The van der Waals surface area contributed by atoms with Crippen molar-refractivity contribution in [1.82, 2.24) is 0 Å². The molecule has 0 N–H and O–H groups in total. The van der Waals surface area contributed by atoms with Gasteiger partial charge in [0.05, 0.1) is 10.5 Å². The van der Waals surface area contributed by atoms with Crippen molar-refractivity contribution >= 4 is 11.5 Å². The first kappa shape index (κ1) is 12.4. The molecular weight excluding hydrogens is 206 g/mol. The number of nitrogens with zero attached hydrogens (tertiary/aromatic N) is 1. The molecule has 0 spiro atoms. The summed E-state index contributed by atoms with van der Waals surface area (Å²) in [6.07, 6.45) is 3.19. The Morgan fingerprint density at radius 1 is 1.31 bits per heavy atom. The number of nitro groups is 1. The maximum Gasteiger partial charge on any atom is 0.280 e. The highest BCUT2D eigenvalue weighted by Crippen LogP contribution is 2.20. The van der Waals surface area contributed by atoms with E-state index >= 15 is 0 Å².